The quantitative estimate of drug-likeness (QED) is 0.00847. The Bertz CT molecular complexity index is 4290. The van der Waals surface area contributed by atoms with Gasteiger partial charge in [-0.05, 0) is 151 Å². The normalized spacial score (nSPS) is 14.1. The number of unbranched alkanes of at least 4 members (excludes halogenated alkanes) is 1. The number of amides is 10. The van der Waals surface area contributed by atoms with Crippen molar-refractivity contribution >= 4 is 71.0 Å². The minimum Gasteiger partial charge on any atom is -0.494 e. The van der Waals surface area contributed by atoms with E-state index in [4.69, 9.17) is 10.3 Å². The number of nitrogens with one attached hydrogen (secondary N) is 12. The molecular formula is C75H98FN19O17. The monoisotopic (exact) mass is 1560 g/mol. The Balaban J connectivity index is 1.16. The highest BCUT2D eigenvalue weighted by atomic mass is 19.1. The lowest BCUT2D eigenvalue weighted by molar-refractivity contribution is -0.143. The first-order valence-electron chi connectivity index (χ1n) is 36.3. The van der Waals surface area contributed by atoms with Crippen LogP contribution in [0.5, 0.6) is 5.75 Å². The Morgan fingerprint density at radius 1 is 0.661 bits per heavy atom. The summed E-state index contributed by atoms with van der Waals surface area (Å²) in [6, 6.07) is 11.2. The molecule has 0 saturated carbocycles. The fourth-order valence-corrected chi connectivity index (χ4v) is 11.8. The molecule has 0 saturated heterocycles. The van der Waals surface area contributed by atoms with Crippen molar-refractivity contribution in [1.29, 1.82) is 0 Å². The number of halogens is 1. The number of carboxylic acid groups (broad SMARTS) is 2. The number of imidazole rings is 1. The molecule has 0 fully saturated rings. The number of ether oxygens (including phenoxy) is 1. The summed E-state index contributed by atoms with van der Waals surface area (Å²) in [7, 11) is 0. The molecule has 0 radical (unpaired) electrons. The third-order valence-electron chi connectivity index (χ3n) is 18.1. The molecule has 10 atom stereocenters. The highest BCUT2D eigenvalue weighted by Gasteiger charge is 2.43. The van der Waals surface area contributed by atoms with Crippen LogP contribution >= 0.6 is 0 Å². The van der Waals surface area contributed by atoms with Crippen LogP contribution < -0.4 is 57.9 Å². The largest absolute Gasteiger partial charge is 0.494 e. The van der Waals surface area contributed by atoms with Gasteiger partial charge in [0, 0.05) is 55.6 Å². The smallest absolute Gasteiger partial charge is 0.326 e. The fourth-order valence-electron chi connectivity index (χ4n) is 11.8. The molecule has 0 aliphatic carbocycles. The number of H-pyrrole nitrogens is 2. The highest BCUT2D eigenvalue weighted by Crippen LogP contribution is 2.29. The number of carbonyl (C=O) groups excluding carboxylic acids is 10. The van der Waals surface area contributed by atoms with Crippen LogP contribution in [0.2, 0.25) is 0 Å². The van der Waals surface area contributed by atoms with Crippen LogP contribution in [0.25, 0.3) is 21.6 Å². The lowest BCUT2D eigenvalue weighted by Crippen LogP contribution is -2.66. The number of carboxylic acids is 2. The molecule has 36 nitrogen and oxygen atoms in total. The number of aromatic amines is 2. The Kier molecular flexibility index (Phi) is 33.8. The van der Waals surface area contributed by atoms with Gasteiger partial charge in [-0.15, -0.1) is 10.2 Å². The van der Waals surface area contributed by atoms with Gasteiger partial charge in [0.25, 0.3) is 0 Å². The molecule has 2 aromatic heterocycles. The molecule has 6 rings (SSSR count). The van der Waals surface area contributed by atoms with Gasteiger partial charge in [-0.2, -0.15) is 5.21 Å². The lowest BCUT2D eigenvalue weighted by atomic mass is 9.90. The predicted molar refractivity (Wildman–Crippen MR) is 402 cm³/mol. The minimum atomic E-state index is -2.36. The van der Waals surface area contributed by atoms with Gasteiger partial charge in [0.1, 0.15) is 64.8 Å². The van der Waals surface area contributed by atoms with Gasteiger partial charge in [-0.3, -0.25) is 52.7 Å². The number of hydrogen-bond acceptors (Lipinski definition) is 20. The zero-order valence-corrected chi connectivity index (χ0v) is 63.6. The minimum absolute atomic E-state index is 0.0351. The Morgan fingerprint density at radius 3 is 1.95 bits per heavy atom. The molecule has 37 heteroatoms. The molecule has 0 aliphatic heterocycles. The van der Waals surface area contributed by atoms with E-state index in [1.54, 1.807) is 30.5 Å². The summed E-state index contributed by atoms with van der Waals surface area (Å²) in [6.45, 7) is 12.7. The van der Waals surface area contributed by atoms with Crippen molar-refractivity contribution in [3.8, 4) is 16.9 Å². The number of carbonyl (C=O) groups is 12. The predicted octanol–water partition coefficient (Wildman–Crippen LogP) is 1.54. The summed E-state index contributed by atoms with van der Waals surface area (Å²) in [5, 5.41) is 83.3. The van der Waals surface area contributed by atoms with Gasteiger partial charge >= 0.3 is 11.9 Å². The van der Waals surface area contributed by atoms with Gasteiger partial charge in [-0.1, -0.05) is 95.1 Å². The first kappa shape index (κ1) is 88.7. The van der Waals surface area contributed by atoms with E-state index in [9.17, 15) is 78.0 Å². The highest BCUT2D eigenvalue weighted by molar-refractivity contribution is 6.06. The number of aliphatic carboxylic acids is 2. The van der Waals surface area contributed by atoms with Crippen molar-refractivity contribution in [1.82, 2.24) is 83.8 Å². The summed E-state index contributed by atoms with van der Waals surface area (Å²) in [5.74, 6) is -14.3. The summed E-state index contributed by atoms with van der Waals surface area (Å²) in [5.41, 5.74) is 11.0. The Hall–Kier alpha value is -12.2. The number of tetrazole rings is 1. The Labute approximate surface area is 644 Å². The molecule has 2 heterocycles. The van der Waals surface area contributed by atoms with Crippen LogP contribution in [0.4, 0.5) is 4.39 Å². The number of rotatable bonds is 45. The van der Waals surface area contributed by atoms with Gasteiger partial charge in [0.2, 0.25) is 59.1 Å². The van der Waals surface area contributed by atoms with Crippen LogP contribution in [0.15, 0.2) is 103 Å². The van der Waals surface area contributed by atoms with Gasteiger partial charge < -0.3 is 83.3 Å². The van der Waals surface area contributed by atoms with Crippen molar-refractivity contribution in [2.75, 3.05) is 26.2 Å². The molecule has 10 amide bonds. The third kappa shape index (κ3) is 27.4. The molecule has 6 aromatic rings. The number of aromatic nitrogens is 6. The van der Waals surface area contributed by atoms with E-state index in [0.29, 0.717) is 68.7 Å². The number of nitrogens with zero attached hydrogens (tertiary/aromatic N) is 7. The van der Waals surface area contributed by atoms with E-state index in [-0.39, 0.29) is 30.8 Å². The average Bonchev–Trinajstić information content (AvgIpc) is 0.996. The summed E-state index contributed by atoms with van der Waals surface area (Å²) >= 11 is 0. The van der Waals surface area contributed by atoms with Crippen molar-refractivity contribution in [2.24, 2.45) is 10.5 Å². The number of aryl methyl sites for hydroxylation is 4. The third-order valence-corrected chi connectivity index (χ3v) is 18.1. The average molecular weight is 1560 g/mol. The zero-order chi connectivity index (χ0) is 82.4. The van der Waals surface area contributed by atoms with E-state index < -0.39 is 168 Å². The second-order valence-corrected chi connectivity index (χ2v) is 27.9. The number of aliphatic hydroxyl groups excluding tert-OH is 2. The number of aliphatic hydroxyl groups is 2. The first-order chi connectivity index (χ1) is 53.1. The van der Waals surface area contributed by atoms with Crippen molar-refractivity contribution in [3.63, 3.8) is 0 Å². The molecule has 0 spiro atoms. The maximum Gasteiger partial charge on any atom is 0.326 e. The number of hydrogen-bond donors (Lipinski definition) is 16. The number of benzene rings is 4. The van der Waals surface area contributed by atoms with Gasteiger partial charge in [-0.25, -0.2) is 14.2 Å². The van der Waals surface area contributed by atoms with E-state index in [2.05, 4.69) is 93.8 Å². The Morgan fingerprint density at radius 2 is 1.32 bits per heavy atom. The second kappa shape index (κ2) is 42.7. The standard InChI is InChI=1S/C75H98FN19O17/c1-10-48-34-52(112-29-14-13-27-82-93-77)24-25-53(48)49-22-20-46(21-23-49)33-56(66(103)84-55(70(107)108)19-15-16-47-31-41(2)30-42(3)32-47)86-67(104)58(36-61(99)100)85-64(101)43(4)83-68(105)62(44(5)96)89-73(111)75(9,37-50-17-11-12-18-54(50)76)90-69(106)63(45(6)97)88-60(98)39-80-65(102)57(35-59-91-94-95-92-59)87-72(110)74(7,8)71(109)79-28-26-51-38-78-40-81-51/h11-12,17-18,20-25,30-32,34,38,40,43-45,55-58,62-63,96-97H,10,13-16,19,26-29,33,35-37,39H2,1-9H3,(H,78,81)(H,79,109)(H,80,102)(H,83,105)(H,84,103)(H,85,101)(H,86,104)(H,87,110)(H,88,98)(H,89,111)(H,90,106)(H,99,100)(H,107,108)(H,91,92,94,95)/t43-,44+,45+,55-,56-,57-,58-,62-,63-,75-/m0/s1. The van der Waals surface area contributed by atoms with Crippen molar-refractivity contribution in [3.05, 3.63) is 159 Å². The molecule has 0 bridgehead atoms. The second-order valence-electron chi connectivity index (χ2n) is 27.9. The van der Waals surface area contributed by atoms with E-state index >= 15 is 4.39 Å². The van der Waals surface area contributed by atoms with Gasteiger partial charge in [0.05, 0.1) is 38.1 Å². The first-order valence-corrected chi connectivity index (χ1v) is 36.3. The van der Waals surface area contributed by atoms with E-state index in [1.165, 1.54) is 38.4 Å². The SMILES string of the molecule is CCc1cc(OCCCCN=[N+]=[N-])ccc1-c1ccc(C[C@H](NC(=O)[C@H](CC(=O)O)NC(=O)[C@H](C)NC(=O)[C@@H](NC(=O)[C@](C)(Cc2ccccc2F)NC(=O)[C@@H](NC(=O)CNC(=O)[C@H](Cc2nn[nH]n2)NC(=O)C(C)(C)C(=O)NCCc2cnc[nH]2)[C@@H](C)O)[C@@H](C)O)C(=O)N[C@@H](CCCc2cc(C)cc(C)c2)C(=O)O)cc1. The maximum atomic E-state index is 15.5. The van der Waals surface area contributed by atoms with Crippen LogP contribution in [-0.4, -0.2) is 208 Å². The summed E-state index contributed by atoms with van der Waals surface area (Å²) < 4.78 is 21.5. The van der Waals surface area contributed by atoms with Crippen LogP contribution in [0.3, 0.4) is 0 Å². The lowest BCUT2D eigenvalue weighted by Gasteiger charge is -2.34. The fraction of sp³-hybridized carbons (Fsp3) is 0.467. The van der Waals surface area contributed by atoms with Crippen molar-refractivity contribution in [2.45, 2.75) is 193 Å². The van der Waals surface area contributed by atoms with Crippen LogP contribution in [-0.2, 0) is 96.1 Å². The zero-order valence-electron chi connectivity index (χ0n) is 63.6. The molecule has 0 aliphatic rings. The molecule has 112 heavy (non-hydrogen) atoms. The molecule has 0 unspecified atom stereocenters. The van der Waals surface area contributed by atoms with E-state index in [1.807, 2.05) is 57.2 Å². The van der Waals surface area contributed by atoms with Gasteiger partial charge in [0.15, 0.2) is 5.82 Å². The molecule has 602 valence electrons. The van der Waals surface area contributed by atoms with E-state index in [0.717, 1.165) is 67.1 Å². The van der Waals surface area contributed by atoms with Crippen molar-refractivity contribution < 1.29 is 87.1 Å². The molecule has 16 N–H and O–H groups in total. The maximum absolute atomic E-state index is 15.5. The number of azide groups is 1. The summed E-state index contributed by atoms with van der Waals surface area (Å²) in [6.07, 6.45) is -0.0273. The molecule has 4 aromatic carbocycles. The van der Waals surface area contributed by atoms with Crippen LogP contribution in [0, 0.1) is 25.1 Å². The molecular weight excluding hydrogens is 1460 g/mol. The summed E-state index contributed by atoms with van der Waals surface area (Å²) in [4.78, 5) is 175. The topological polar surface area (TPSA) is 547 Å². The van der Waals surface area contributed by atoms with Crippen LogP contribution in [0.1, 0.15) is 125 Å².